The molecule has 0 aliphatic carbocycles. The number of likely N-dealkylation sites (tertiary alicyclic amines) is 1. The molecule has 0 radical (unpaired) electrons. The molecule has 1 aliphatic rings. The van der Waals surface area contributed by atoms with Gasteiger partial charge in [-0.15, -0.1) is 0 Å². The zero-order valence-corrected chi connectivity index (χ0v) is 17.2. The molecular formula is C19H31BrN4O. The van der Waals surface area contributed by atoms with Crippen molar-refractivity contribution in [1.82, 2.24) is 15.5 Å². The lowest BCUT2D eigenvalue weighted by molar-refractivity contribution is 0.206. The third kappa shape index (κ3) is 6.51. The van der Waals surface area contributed by atoms with E-state index in [0.29, 0.717) is 12.6 Å². The average molecular weight is 411 g/mol. The molecule has 0 unspecified atom stereocenters. The van der Waals surface area contributed by atoms with Crippen LogP contribution in [0, 0.1) is 0 Å². The van der Waals surface area contributed by atoms with Gasteiger partial charge in [0, 0.05) is 25.7 Å². The number of aliphatic imine (C=N–C) groups is 1. The Balaban J connectivity index is 1.91. The largest absolute Gasteiger partial charge is 0.496 e. The number of benzene rings is 1. The second-order valence-corrected chi connectivity index (χ2v) is 7.28. The van der Waals surface area contributed by atoms with Crippen molar-refractivity contribution in [3.63, 3.8) is 0 Å². The monoisotopic (exact) mass is 410 g/mol. The minimum atomic E-state index is 0.508. The molecule has 2 N–H and O–H groups in total. The number of hydrogen-bond acceptors (Lipinski definition) is 3. The topological polar surface area (TPSA) is 48.9 Å². The highest BCUT2D eigenvalue weighted by Gasteiger charge is 2.19. The Morgan fingerprint density at radius 1 is 1.32 bits per heavy atom. The van der Waals surface area contributed by atoms with E-state index in [1.54, 1.807) is 7.11 Å². The standard InChI is InChI=1S/C19H31BrN4O/c1-4-10-24-11-8-16(9-12-24)23-19(21-5-2)22-14-15-6-7-18(25-3)17(20)13-15/h6-7,13,16H,4-5,8-12,14H2,1-3H3,(H2,21,22,23). The van der Waals surface area contributed by atoms with Crippen LogP contribution in [0.25, 0.3) is 0 Å². The number of guanidine groups is 1. The van der Waals surface area contributed by atoms with Crippen molar-refractivity contribution >= 4 is 21.9 Å². The van der Waals surface area contributed by atoms with Crippen LogP contribution in [0.15, 0.2) is 27.7 Å². The first-order chi connectivity index (χ1) is 12.2. The third-order valence-corrected chi connectivity index (χ3v) is 5.07. The Kier molecular flexibility index (Phi) is 8.55. The van der Waals surface area contributed by atoms with Crippen LogP contribution in [0.1, 0.15) is 38.7 Å². The van der Waals surface area contributed by atoms with Crippen LogP contribution in [-0.2, 0) is 6.54 Å². The van der Waals surface area contributed by atoms with Crippen molar-refractivity contribution in [3.05, 3.63) is 28.2 Å². The summed E-state index contributed by atoms with van der Waals surface area (Å²) in [6.07, 6.45) is 3.59. The predicted octanol–water partition coefficient (Wildman–Crippen LogP) is 3.39. The normalized spacial score (nSPS) is 16.7. The van der Waals surface area contributed by atoms with Gasteiger partial charge in [-0.1, -0.05) is 13.0 Å². The van der Waals surface area contributed by atoms with Crippen LogP contribution >= 0.6 is 15.9 Å². The molecule has 0 spiro atoms. The van der Waals surface area contributed by atoms with Gasteiger partial charge in [-0.05, 0) is 66.4 Å². The summed E-state index contributed by atoms with van der Waals surface area (Å²) in [6, 6.07) is 6.60. The van der Waals surface area contributed by atoms with Crippen molar-refractivity contribution in [3.8, 4) is 5.75 Å². The van der Waals surface area contributed by atoms with E-state index in [-0.39, 0.29) is 0 Å². The van der Waals surface area contributed by atoms with E-state index in [1.165, 1.54) is 38.9 Å². The second-order valence-electron chi connectivity index (χ2n) is 6.42. The summed E-state index contributed by atoms with van der Waals surface area (Å²) >= 11 is 3.53. The quantitative estimate of drug-likeness (QED) is 0.534. The van der Waals surface area contributed by atoms with Crippen molar-refractivity contribution in [2.75, 3.05) is 33.3 Å². The van der Waals surface area contributed by atoms with Gasteiger partial charge in [-0.25, -0.2) is 4.99 Å². The van der Waals surface area contributed by atoms with Gasteiger partial charge >= 0.3 is 0 Å². The fraction of sp³-hybridized carbons (Fsp3) is 0.632. The molecule has 1 saturated heterocycles. The maximum Gasteiger partial charge on any atom is 0.191 e. The predicted molar refractivity (Wildman–Crippen MR) is 108 cm³/mol. The molecule has 0 aromatic heterocycles. The first-order valence-electron chi connectivity index (χ1n) is 9.25. The van der Waals surface area contributed by atoms with E-state index < -0.39 is 0 Å². The first kappa shape index (κ1) is 20.0. The lowest BCUT2D eigenvalue weighted by atomic mass is 10.1. The van der Waals surface area contributed by atoms with Gasteiger partial charge < -0.3 is 20.3 Å². The van der Waals surface area contributed by atoms with E-state index in [2.05, 4.69) is 57.4 Å². The Morgan fingerprint density at radius 3 is 2.68 bits per heavy atom. The Labute approximate surface area is 160 Å². The number of piperidine rings is 1. The maximum atomic E-state index is 5.28. The lowest BCUT2D eigenvalue weighted by Gasteiger charge is -2.32. The van der Waals surface area contributed by atoms with Crippen LogP contribution < -0.4 is 15.4 Å². The first-order valence-corrected chi connectivity index (χ1v) is 10.0. The lowest BCUT2D eigenvalue weighted by Crippen LogP contribution is -2.48. The molecule has 0 atom stereocenters. The molecular weight excluding hydrogens is 380 g/mol. The summed E-state index contributed by atoms with van der Waals surface area (Å²) in [7, 11) is 1.68. The summed E-state index contributed by atoms with van der Waals surface area (Å²) in [5.74, 6) is 1.75. The number of halogens is 1. The van der Waals surface area contributed by atoms with Gasteiger partial charge in [0.2, 0.25) is 0 Å². The van der Waals surface area contributed by atoms with Crippen molar-refractivity contribution in [1.29, 1.82) is 0 Å². The third-order valence-electron chi connectivity index (χ3n) is 4.45. The molecule has 6 heteroatoms. The van der Waals surface area contributed by atoms with Crippen LogP contribution in [0.3, 0.4) is 0 Å². The van der Waals surface area contributed by atoms with Crippen LogP contribution in [0.5, 0.6) is 5.75 Å². The highest BCUT2D eigenvalue weighted by Crippen LogP contribution is 2.25. The molecule has 0 amide bonds. The van der Waals surface area contributed by atoms with E-state index >= 15 is 0 Å². The molecule has 1 aromatic carbocycles. The van der Waals surface area contributed by atoms with E-state index in [0.717, 1.165) is 28.3 Å². The van der Waals surface area contributed by atoms with E-state index in [1.807, 2.05) is 6.07 Å². The molecule has 2 rings (SSSR count). The highest BCUT2D eigenvalue weighted by molar-refractivity contribution is 9.10. The number of ether oxygens (including phenoxy) is 1. The minimum absolute atomic E-state index is 0.508. The van der Waals surface area contributed by atoms with Crippen molar-refractivity contribution < 1.29 is 4.74 Å². The maximum absolute atomic E-state index is 5.28. The Bertz CT molecular complexity index is 556. The molecule has 0 bridgehead atoms. The molecule has 25 heavy (non-hydrogen) atoms. The van der Waals surface area contributed by atoms with E-state index in [9.17, 15) is 0 Å². The summed E-state index contributed by atoms with van der Waals surface area (Å²) in [5, 5.41) is 6.97. The number of methoxy groups -OCH3 is 1. The SMILES string of the molecule is CCCN1CCC(NC(=NCc2ccc(OC)c(Br)c2)NCC)CC1. The summed E-state index contributed by atoms with van der Waals surface area (Å²) in [5.41, 5.74) is 1.16. The molecule has 5 nitrogen and oxygen atoms in total. The molecule has 140 valence electrons. The fourth-order valence-electron chi connectivity index (χ4n) is 3.11. The van der Waals surface area contributed by atoms with Crippen molar-refractivity contribution in [2.24, 2.45) is 4.99 Å². The summed E-state index contributed by atoms with van der Waals surface area (Å²) < 4.78 is 6.24. The zero-order valence-electron chi connectivity index (χ0n) is 15.6. The summed E-state index contributed by atoms with van der Waals surface area (Å²) in [4.78, 5) is 7.30. The Hall–Kier alpha value is -1.27. The van der Waals surface area contributed by atoms with Gasteiger partial charge in [0.25, 0.3) is 0 Å². The average Bonchev–Trinajstić information content (AvgIpc) is 2.62. The number of nitrogens with zero attached hydrogens (tertiary/aromatic N) is 2. The number of nitrogens with one attached hydrogen (secondary N) is 2. The van der Waals surface area contributed by atoms with Crippen LogP contribution in [0.4, 0.5) is 0 Å². The van der Waals surface area contributed by atoms with Crippen molar-refractivity contribution in [2.45, 2.75) is 45.7 Å². The van der Waals surface area contributed by atoms with Gasteiger partial charge in [0.15, 0.2) is 5.96 Å². The second kappa shape index (κ2) is 10.7. The molecule has 0 saturated carbocycles. The van der Waals surface area contributed by atoms with Crippen LogP contribution in [0.2, 0.25) is 0 Å². The van der Waals surface area contributed by atoms with Gasteiger partial charge in [0.05, 0.1) is 18.1 Å². The molecule has 1 fully saturated rings. The zero-order chi connectivity index (χ0) is 18.1. The molecule has 1 heterocycles. The smallest absolute Gasteiger partial charge is 0.191 e. The number of rotatable bonds is 7. The van der Waals surface area contributed by atoms with Gasteiger partial charge in [-0.3, -0.25) is 0 Å². The highest BCUT2D eigenvalue weighted by atomic mass is 79.9. The van der Waals surface area contributed by atoms with E-state index in [4.69, 9.17) is 9.73 Å². The number of hydrogen-bond donors (Lipinski definition) is 2. The molecule has 1 aliphatic heterocycles. The minimum Gasteiger partial charge on any atom is -0.496 e. The Morgan fingerprint density at radius 2 is 2.08 bits per heavy atom. The molecule has 1 aromatic rings. The van der Waals surface area contributed by atoms with Gasteiger partial charge in [-0.2, -0.15) is 0 Å². The van der Waals surface area contributed by atoms with Crippen LogP contribution in [-0.4, -0.2) is 50.2 Å². The fourth-order valence-corrected chi connectivity index (χ4v) is 3.70. The van der Waals surface area contributed by atoms with Gasteiger partial charge in [0.1, 0.15) is 5.75 Å². The summed E-state index contributed by atoms with van der Waals surface area (Å²) in [6.45, 7) is 9.43.